The van der Waals surface area contributed by atoms with Gasteiger partial charge in [0.2, 0.25) is 0 Å². The van der Waals surface area contributed by atoms with Crippen molar-refractivity contribution in [2.24, 2.45) is 5.73 Å². The van der Waals surface area contributed by atoms with E-state index in [-0.39, 0.29) is 17.2 Å². The Morgan fingerprint density at radius 3 is 2.57 bits per heavy atom. The lowest BCUT2D eigenvalue weighted by atomic mass is 9.97. The number of rotatable bonds is 7. The van der Waals surface area contributed by atoms with Crippen LogP contribution in [0.25, 0.3) is 0 Å². The van der Waals surface area contributed by atoms with E-state index in [1.807, 2.05) is 42.5 Å². The summed E-state index contributed by atoms with van der Waals surface area (Å²) in [5, 5.41) is 16.1. The van der Waals surface area contributed by atoms with Crippen LogP contribution >= 0.6 is 0 Å². The number of nitrogens with two attached hydrogens (primary N) is 1. The Morgan fingerprint density at radius 1 is 1.03 bits per heavy atom. The van der Waals surface area contributed by atoms with Crippen LogP contribution < -0.4 is 16.0 Å². The number of hydrogen-bond acceptors (Lipinski definition) is 5. The average Bonchev–Trinajstić information content (AvgIpc) is 3.36. The number of nitrogens with one attached hydrogen (secondary N) is 1. The molecule has 1 aliphatic heterocycles. The van der Waals surface area contributed by atoms with E-state index in [0.717, 1.165) is 24.1 Å². The monoisotopic (exact) mass is 490 g/mol. The molecule has 5 rings (SSSR count). The van der Waals surface area contributed by atoms with E-state index in [9.17, 15) is 9.59 Å². The van der Waals surface area contributed by atoms with E-state index in [1.54, 1.807) is 33.8 Å². The fourth-order valence-electron chi connectivity index (χ4n) is 4.63. The van der Waals surface area contributed by atoms with Crippen LogP contribution in [0.3, 0.4) is 0 Å². The van der Waals surface area contributed by atoms with Gasteiger partial charge in [0.25, 0.3) is 11.8 Å². The molecular weight excluding hydrogens is 464 g/mol. The van der Waals surface area contributed by atoms with E-state index in [2.05, 4.69) is 22.5 Å². The van der Waals surface area contributed by atoms with Gasteiger partial charge in [0.1, 0.15) is 5.69 Å². The molecule has 0 spiro atoms. The van der Waals surface area contributed by atoms with Crippen molar-refractivity contribution in [2.75, 3.05) is 23.3 Å². The molecule has 184 valence electrons. The first kappa shape index (κ1) is 24.0. The zero-order chi connectivity index (χ0) is 25.8. The van der Waals surface area contributed by atoms with Crippen LogP contribution in [0.4, 0.5) is 11.4 Å². The zero-order valence-electron chi connectivity index (χ0n) is 20.2. The van der Waals surface area contributed by atoms with E-state index >= 15 is 0 Å². The summed E-state index contributed by atoms with van der Waals surface area (Å²) in [4.78, 5) is 28.2. The standard InChI is InChI=1S/C29H26N6O2/c30-13-12-22-5-1-2-6-23(22)16-20-8-10-25(11-9-20)34-14-15-35-27(29(34)37)26(19-32-35)28(36)33-24-7-3-4-21(17-24)18-31/h1-11,17,19H,12-16,30H2,(H,33,36). The molecule has 8 heteroatoms. The second-order valence-corrected chi connectivity index (χ2v) is 8.88. The molecule has 2 heterocycles. The van der Waals surface area contributed by atoms with Crippen LogP contribution in [0.5, 0.6) is 0 Å². The molecule has 37 heavy (non-hydrogen) atoms. The second-order valence-electron chi connectivity index (χ2n) is 8.88. The van der Waals surface area contributed by atoms with Gasteiger partial charge in [-0.1, -0.05) is 42.5 Å². The van der Waals surface area contributed by atoms with Crippen molar-refractivity contribution in [1.29, 1.82) is 5.26 Å². The Labute approximate surface area is 214 Å². The number of hydrogen-bond donors (Lipinski definition) is 2. The largest absolute Gasteiger partial charge is 0.330 e. The summed E-state index contributed by atoms with van der Waals surface area (Å²) >= 11 is 0. The van der Waals surface area contributed by atoms with Crippen molar-refractivity contribution in [3.8, 4) is 6.07 Å². The predicted molar refractivity (Wildman–Crippen MR) is 141 cm³/mol. The lowest BCUT2D eigenvalue weighted by molar-refractivity contribution is 0.0947. The molecule has 4 aromatic rings. The number of benzene rings is 3. The van der Waals surface area contributed by atoms with Gasteiger partial charge in [0.05, 0.1) is 29.9 Å². The van der Waals surface area contributed by atoms with Gasteiger partial charge < -0.3 is 16.0 Å². The van der Waals surface area contributed by atoms with Crippen molar-refractivity contribution >= 4 is 23.2 Å². The molecule has 1 aliphatic rings. The van der Waals surface area contributed by atoms with E-state index in [0.29, 0.717) is 30.9 Å². The Morgan fingerprint density at radius 2 is 1.81 bits per heavy atom. The maximum Gasteiger partial charge on any atom is 0.277 e. The summed E-state index contributed by atoms with van der Waals surface area (Å²) in [5.74, 6) is -0.723. The fourth-order valence-corrected chi connectivity index (χ4v) is 4.63. The number of amides is 2. The second kappa shape index (κ2) is 10.5. The maximum absolute atomic E-state index is 13.5. The number of carbonyl (C=O) groups excluding carboxylic acids is 2. The summed E-state index contributed by atoms with van der Waals surface area (Å²) in [6.07, 6.45) is 3.04. The summed E-state index contributed by atoms with van der Waals surface area (Å²) in [7, 11) is 0. The van der Waals surface area contributed by atoms with Gasteiger partial charge in [-0.2, -0.15) is 10.4 Å². The van der Waals surface area contributed by atoms with Crippen LogP contribution in [-0.2, 0) is 19.4 Å². The summed E-state index contributed by atoms with van der Waals surface area (Å²) in [6, 6.07) is 24.9. The van der Waals surface area contributed by atoms with Gasteiger partial charge in [-0.25, -0.2) is 0 Å². The highest BCUT2D eigenvalue weighted by Crippen LogP contribution is 2.25. The molecule has 0 unspecified atom stereocenters. The Balaban J connectivity index is 1.34. The summed E-state index contributed by atoms with van der Waals surface area (Å²) in [5.41, 5.74) is 11.5. The van der Waals surface area contributed by atoms with Crippen LogP contribution in [-0.4, -0.2) is 34.7 Å². The highest BCUT2D eigenvalue weighted by Gasteiger charge is 2.32. The molecule has 0 saturated carbocycles. The Hall–Kier alpha value is -4.74. The van der Waals surface area contributed by atoms with Gasteiger partial charge >= 0.3 is 0 Å². The van der Waals surface area contributed by atoms with Crippen LogP contribution in [0.1, 0.15) is 43.1 Å². The van der Waals surface area contributed by atoms with Crippen molar-refractivity contribution in [2.45, 2.75) is 19.4 Å². The number of nitrogens with zero attached hydrogens (tertiary/aromatic N) is 4. The molecule has 3 N–H and O–H groups in total. The van der Waals surface area contributed by atoms with Crippen LogP contribution in [0.15, 0.2) is 79.0 Å². The van der Waals surface area contributed by atoms with Crippen molar-refractivity contribution < 1.29 is 9.59 Å². The average molecular weight is 491 g/mol. The SMILES string of the molecule is N#Cc1cccc(NC(=O)c2cnn3c2C(=O)N(c2ccc(Cc4ccccc4CCN)cc2)CC3)c1. The molecule has 8 nitrogen and oxygen atoms in total. The van der Waals surface area contributed by atoms with Gasteiger partial charge in [-0.15, -0.1) is 0 Å². The van der Waals surface area contributed by atoms with Gasteiger partial charge in [0.15, 0.2) is 0 Å². The van der Waals surface area contributed by atoms with E-state index in [4.69, 9.17) is 11.0 Å². The minimum absolute atomic E-state index is 0.199. The molecule has 0 radical (unpaired) electrons. The van der Waals surface area contributed by atoms with Crippen molar-refractivity contribution in [1.82, 2.24) is 9.78 Å². The molecule has 0 fully saturated rings. The normalized spacial score (nSPS) is 12.6. The highest BCUT2D eigenvalue weighted by molar-refractivity contribution is 6.15. The third-order valence-corrected chi connectivity index (χ3v) is 6.49. The van der Waals surface area contributed by atoms with Crippen LogP contribution in [0.2, 0.25) is 0 Å². The minimum Gasteiger partial charge on any atom is -0.330 e. The molecule has 1 aromatic heterocycles. The number of carbonyl (C=O) groups is 2. The molecule has 0 bridgehead atoms. The van der Waals surface area contributed by atoms with Crippen molar-refractivity contribution in [3.63, 3.8) is 0 Å². The minimum atomic E-state index is -0.446. The number of nitriles is 1. The lowest BCUT2D eigenvalue weighted by Gasteiger charge is -2.28. The number of aromatic nitrogens is 2. The topological polar surface area (TPSA) is 117 Å². The first-order chi connectivity index (χ1) is 18.1. The molecule has 0 aliphatic carbocycles. The maximum atomic E-state index is 13.5. The Kier molecular flexibility index (Phi) is 6.79. The molecule has 0 atom stereocenters. The molecule has 0 saturated heterocycles. The van der Waals surface area contributed by atoms with Gasteiger partial charge in [0, 0.05) is 17.9 Å². The highest BCUT2D eigenvalue weighted by atomic mass is 16.2. The third kappa shape index (κ3) is 4.99. The van der Waals surface area contributed by atoms with E-state index < -0.39 is 5.91 Å². The third-order valence-electron chi connectivity index (χ3n) is 6.49. The first-order valence-corrected chi connectivity index (χ1v) is 12.1. The molecular formula is C29H26N6O2. The first-order valence-electron chi connectivity index (χ1n) is 12.1. The lowest BCUT2D eigenvalue weighted by Crippen LogP contribution is -2.41. The molecule has 2 amide bonds. The summed E-state index contributed by atoms with van der Waals surface area (Å²) in [6.45, 7) is 1.54. The van der Waals surface area contributed by atoms with Crippen LogP contribution in [0, 0.1) is 11.3 Å². The number of anilines is 2. The smallest absolute Gasteiger partial charge is 0.277 e. The fraction of sp³-hybridized carbons (Fsp3) is 0.172. The molecule has 3 aromatic carbocycles. The summed E-state index contributed by atoms with van der Waals surface area (Å²) < 4.78 is 1.57. The Bertz CT molecular complexity index is 1500. The predicted octanol–water partition coefficient (Wildman–Crippen LogP) is 3.76. The van der Waals surface area contributed by atoms with Gasteiger partial charge in [-0.05, 0) is 66.4 Å². The van der Waals surface area contributed by atoms with E-state index in [1.165, 1.54) is 17.3 Å². The van der Waals surface area contributed by atoms with Crippen molar-refractivity contribution in [3.05, 3.63) is 113 Å². The zero-order valence-corrected chi connectivity index (χ0v) is 20.2. The van der Waals surface area contributed by atoms with Gasteiger partial charge in [-0.3, -0.25) is 14.3 Å². The quantitative estimate of drug-likeness (QED) is 0.409. The number of fused-ring (bicyclic) bond motifs is 1.